The molecular weight excluding hydrogens is 311 g/mol. The summed E-state index contributed by atoms with van der Waals surface area (Å²) in [4.78, 5) is 4.29. The maximum Gasteiger partial charge on any atom is 0.137 e. The Morgan fingerprint density at radius 2 is 1.71 bits per heavy atom. The molecule has 0 spiro atoms. The van der Waals surface area contributed by atoms with Crippen LogP contribution < -0.4 is 19.5 Å². The van der Waals surface area contributed by atoms with Crippen LogP contribution in [0.4, 0.5) is 4.39 Å². The summed E-state index contributed by atoms with van der Waals surface area (Å²) in [6, 6.07) is 10.2. The Kier molecular flexibility index (Phi) is 4.84. The minimum Gasteiger partial charge on any atom is -0.496 e. The van der Waals surface area contributed by atoms with Crippen molar-refractivity contribution in [3.8, 4) is 17.2 Å². The SMILES string of the molecule is COc1cccc(OC)c1COc1cccc(F)c1C1=NCCN1. The second-order valence-corrected chi connectivity index (χ2v) is 5.20. The van der Waals surface area contributed by atoms with Gasteiger partial charge in [0.25, 0.3) is 0 Å². The largest absolute Gasteiger partial charge is 0.496 e. The summed E-state index contributed by atoms with van der Waals surface area (Å²) in [5.74, 6) is 1.89. The van der Waals surface area contributed by atoms with Crippen molar-refractivity contribution < 1.29 is 18.6 Å². The number of aliphatic imine (C=N–C) groups is 1. The fraction of sp³-hybridized carbons (Fsp3) is 0.278. The first-order valence-electron chi connectivity index (χ1n) is 7.64. The first-order chi connectivity index (χ1) is 11.7. The molecule has 126 valence electrons. The first kappa shape index (κ1) is 16.1. The lowest BCUT2D eigenvalue weighted by atomic mass is 10.1. The third kappa shape index (κ3) is 3.13. The van der Waals surface area contributed by atoms with Gasteiger partial charge in [-0.05, 0) is 24.3 Å². The Balaban J connectivity index is 1.90. The lowest BCUT2D eigenvalue weighted by Crippen LogP contribution is -2.21. The minimum absolute atomic E-state index is 0.191. The van der Waals surface area contributed by atoms with E-state index in [9.17, 15) is 4.39 Å². The predicted octanol–water partition coefficient (Wildman–Crippen LogP) is 2.77. The number of hydrogen-bond acceptors (Lipinski definition) is 5. The molecule has 1 N–H and O–H groups in total. The number of nitrogens with zero attached hydrogens (tertiary/aromatic N) is 1. The molecule has 24 heavy (non-hydrogen) atoms. The molecule has 0 radical (unpaired) electrons. The lowest BCUT2D eigenvalue weighted by molar-refractivity contribution is 0.284. The molecule has 6 heteroatoms. The van der Waals surface area contributed by atoms with Gasteiger partial charge >= 0.3 is 0 Å². The maximum absolute atomic E-state index is 14.3. The Morgan fingerprint density at radius 1 is 1.04 bits per heavy atom. The summed E-state index contributed by atoms with van der Waals surface area (Å²) in [5.41, 5.74) is 1.11. The molecule has 0 unspecified atom stereocenters. The minimum atomic E-state index is -0.368. The molecule has 2 aromatic rings. The van der Waals surface area contributed by atoms with Crippen molar-refractivity contribution in [1.82, 2.24) is 5.32 Å². The van der Waals surface area contributed by atoms with Gasteiger partial charge in [-0.25, -0.2) is 4.39 Å². The van der Waals surface area contributed by atoms with E-state index in [1.54, 1.807) is 26.4 Å². The number of halogens is 1. The topological polar surface area (TPSA) is 52.1 Å². The highest BCUT2D eigenvalue weighted by Gasteiger charge is 2.19. The van der Waals surface area contributed by atoms with Crippen LogP contribution in [0.1, 0.15) is 11.1 Å². The van der Waals surface area contributed by atoms with Gasteiger partial charge in [0.05, 0.1) is 31.9 Å². The van der Waals surface area contributed by atoms with Crippen molar-refractivity contribution in [1.29, 1.82) is 0 Å². The van der Waals surface area contributed by atoms with Crippen LogP contribution in [0.5, 0.6) is 17.2 Å². The molecule has 3 rings (SSSR count). The Hall–Kier alpha value is -2.76. The van der Waals surface area contributed by atoms with E-state index in [0.29, 0.717) is 41.7 Å². The highest BCUT2D eigenvalue weighted by molar-refractivity contribution is 6.02. The Morgan fingerprint density at radius 3 is 2.33 bits per heavy atom. The van der Waals surface area contributed by atoms with Crippen LogP contribution in [0.2, 0.25) is 0 Å². The molecule has 0 atom stereocenters. The smallest absolute Gasteiger partial charge is 0.137 e. The molecule has 0 saturated heterocycles. The van der Waals surface area contributed by atoms with Gasteiger partial charge in [-0.1, -0.05) is 12.1 Å². The van der Waals surface area contributed by atoms with Crippen molar-refractivity contribution in [2.75, 3.05) is 27.3 Å². The fourth-order valence-corrected chi connectivity index (χ4v) is 2.64. The van der Waals surface area contributed by atoms with Crippen LogP contribution in [0.3, 0.4) is 0 Å². The highest BCUT2D eigenvalue weighted by atomic mass is 19.1. The molecule has 0 amide bonds. The van der Waals surface area contributed by atoms with E-state index < -0.39 is 0 Å². The lowest BCUT2D eigenvalue weighted by Gasteiger charge is -2.16. The van der Waals surface area contributed by atoms with Gasteiger partial charge < -0.3 is 19.5 Å². The Bertz CT molecular complexity index is 740. The molecule has 1 heterocycles. The van der Waals surface area contributed by atoms with Crippen molar-refractivity contribution in [3.05, 3.63) is 53.3 Å². The van der Waals surface area contributed by atoms with Gasteiger partial charge in [0.2, 0.25) is 0 Å². The monoisotopic (exact) mass is 330 g/mol. The highest BCUT2D eigenvalue weighted by Crippen LogP contribution is 2.31. The quantitative estimate of drug-likeness (QED) is 0.885. The van der Waals surface area contributed by atoms with Crippen LogP contribution in [-0.4, -0.2) is 33.1 Å². The summed E-state index contributed by atoms with van der Waals surface area (Å²) < 4.78 is 30.9. The standard InChI is InChI=1S/C18H19FN2O3/c1-22-14-6-4-7-15(23-2)12(14)11-24-16-8-3-5-13(19)17(16)18-20-9-10-21-18/h3-8H,9-11H2,1-2H3,(H,20,21). The molecule has 0 fully saturated rings. The summed E-state index contributed by atoms with van der Waals surface area (Å²) in [6.07, 6.45) is 0. The average molecular weight is 330 g/mol. The summed E-state index contributed by atoms with van der Waals surface area (Å²) in [5, 5.41) is 3.08. The molecule has 1 aliphatic heterocycles. The number of benzene rings is 2. The average Bonchev–Trinajstić information content (AvgIpc) is 3.13. The summed E-state index contributed by atoms with van der Waals surface area (Å²) in [7, 11) is 3.17. The van der Waals surface area contributed by atoms with E-state index in [0.717, 1.165) is 5.56 Å². The predicted molar refractivity (Wildman–Crippen MR) is 89.7 cm³/mol. The molecule has 0 aliphatic carbocycles. The zero-order valence-corrected chi connectivity index (χ0v) is 13.6. The van der Waals surface area contributed by atoms with Gasteiger partial charge in [-0.2, -0.15) is 0 Å². The van der Waals surface area contributed by atoms with Crippen molar-refractivity contribution in [2.45, 2.75) is 6.61 Å². The second-order valence-electron chi connectivity index (χ2n) is 5.20. The van der Waals surface area contributed by atoms with Crippen LogP contribution in [0.25, 0.3) is 0 Å². The molecule has 0 aromatic heterocycles. The third-order valence-electron chi connectivity index (χ3n) is 3.79. The number of nitrogens with one attached hydrogen (secondary N) is 1. The van der Waals surface area contributed by atoms with E-state index >= 15 is 0 Å². The van der Waals surface area contributed by atoms with Crippen LogP contribution >= 0.6 is 0 Å². The fourth-order valence-electron chi connectivity index (χ4n) is 2.64. The molecular formula is C18H19FN2O3. The van der Waals surface area contributed by atoms with Crippen molar-refractivity contribution >= 4 is 5.84 Å². The van der Waals surface area contributed by atoms with E-state index in [1.165, 1.54) is 6.07 Å². The zero-order chi connectivity index (χ0) is 16.9. The van der Waals surface area contributed by atoms with Gasteiger partial charge in [0, 0.05) is 6.54 Å². The van der Waals surface area contributed by atoms with Gasteiger partial charge in [0.15, 0.2) is 0 Å². The van der Waals surface area contributed by atoms with Gasteiger partial charge in [-0.3, -0.25) is 4.99 Å². The van der Waals surface area contributed by atoms with E-state index in [4.69, 9.17) is 14.2 Å². The van der Waals surface area contributed by atoms with E-state index in [1.807, 2.05) is 18.2 Å². The van der Waals surface area contributed by atoms with Crippen molar-refractivity contribution in [3.63, 3.8) is 0 Å². The number of rotatable bonds is 6. The normalized spacial score (nSPS) is 13.2. The van der Waals surface area contributed by atoms with Crippen LogP contribution in [0, 0.1) is 5.82 Å². The Labute approximate surface area is 140 Å². The second kappa shape index (κ2) is 7.21. The molecule has 0 saturated carbocycles. The maximum atomic E-state index is 14.3. The molecule has 2 aromatic carbocycles. The zero-order valence-electron chi connectivity index (χ0n) is 13.6. The first-order valence-corrected chi connectivity index (χ1v) is 7.64. The van der Waals surface area contributed by atoms with Crippen molar-refractivity contribution in [2.24, 2.45) is 4.99 Å². The number of methoxy groups -OCH3 is 2. The summed E-state index contributed by atoms with van der Waals surface area (Å²) in [6.45, 7) is 1.52. The molecule has 0 bridgehead atoms. The van der Waals surface area contributed by atoms with Gasteiger partial charge in [-0.15, -0.1) is 0 Å². The van der Waals surface area contributed by atoms with E-state index in [2.05, 4.69) is 10.3 Å². The molecule has 5 nitrogen and oxygen atoms in total. The number of amidine groups is 1. The van der Waals surface area contributed by atoms with Crippen LogP contribution in [-0.2, 0) is 6.61 Å². The number of hydrogen-bond donors (Lipinski definition) is 1. The number of ether oxygens (including phenoxy) is 3. The summed E-state index contributed by atoms with van der Waals surface area (Å²) >= 11 is 0. The van der Waals surface area contributed by atoms with E-state index in [-0.39, 0.29) is 12.4 Å². The molecule has 1 aliphatic rings. The van der Waals surface area contributed by atoms with Crippen LogP contribution in [0.15, 0.2) is 41.4 Å². The third-order valence-corrected chi connectivity index (χ3v) is 3.79. The van der Waals surface area contributed by atoms with Gasteiger partial charge in [0.1, 0.15) is 35.5 Å².